The van der Waals surface area contributed by atoms with Gasteiger partial charge in [-0.15, -0.1) is 0 Å². The largest absolute Gasteiger partial charge is 0.497 e. The summed E-state index contributed by atoms with van der Waals surface area (Å²) >= 11 is 1.71. The molecule has 0 bridgehead atoms. The summed E-state index contributed by atoms with van der Waals surface area (Å²) in [4.78, 5) is 1.14. The molecular weight excluding hydrogens is 282 g/mol. The van der Waals surface area contributed by atoms with Gasteiger partial charge in [0.25, 0.3) is 0 Å². The van der Waals surface area contributed by atoms with Gasteiger partial charge < -0.3 is 10.5 Å². The molecule has 0 saturated heterocycles. The Bertz CT molecular complexity index is 610. The summed E-state index contributed by atoms with van der Waals surface area (Å²) in [7, 11) is 3.67. The number of methoxy groups -OCH3 is 1. The Morgan fingerprint density at radius 2 is 2.19 bits per heavy atom. The first-order chi connectivity index (χ1) is 10.0. The van der Waals surface area contributed by atoms with Crippen LogP contribution in [0.4, 0.5) is 0 Å². The molecule has 1 aromatic heterocycles. The number of aromatic nitrogens is 2. The number of hydrogen-bond donors (Lipinski definition) is 1. The van der Waals surface area contributed by atoms with E-state index in [-0.39, 0.29) is 6.04 Å². The first kappa shape index (κ1) is 15.9. The Morgan fingerprint density at radius 1 is 1.43 bits per heavy atom. The molecule has 4 nitrogen and oxygen atoms in total. The molecule has 114 valence electrons. The normalized spacial score (nSPS) is 12.4. The molecule has 21 heavy (non-hydrogen) atoms. The van der Waals surface area contributed by atoms with Gasteiger partial charge in [0.2, 0.25) is 0 Å². The lowest BCUT2D eigenvalue weighted by molar-refractivity contribution is 0.413. The van der Waals surface area contributed by atoms with E-state index in [9.17, 15) is 0 Å². The number of hydrogen-bond acceptors (Lipinski definition) is 4. The van der Waals surface area contributed by atoms with Gasteiger partial charge in [-0.1, -0.05) is 24.8 Å². The van der Waals surface area contributed by atoms with Crippen LogP contribution in [0.1, 0.15) is 24.6 Å². The zero-order chi connectivity index (χ0) is 15.4. The molecule has 2 rings (SSSR count). The summed E-state index contributed by atoms with van der Waals surface area (Å²) in [6.07, 6.45) is 1.83. The highest BCUT2D eigenvalue weighted by Crippen LogP contribution is 2.33. The van der Waals surface area contributed by atoms with Crippen LogP contribution in [-0.2, 0) is 13.5 Å². The topological polar surface area (TPSA) is 53.1 Å². The Labute approximate surface area is 130 Å². The zero-order valence-corrected chi connectivity index (χ0v) is 13.9. The summed E-state index contributed by atoms with van der Waals surface area (Å²) in [5.74, 6) is 0.866. The lowest BCUT2D eigenvalue weighted by Gasteiger charge is -2.11. The second-order valence-corrected chi connectivity index (χ2v) is 6.21. The summed E-state index contributed by atoms with van der Waals surface area (Å²) in [5.41, 5.74) is 8.44. The number of ether oxygens (including phenoxy) is 1. The molecule has 2 N–H and O–H groups in total. The quantitative estimate of drug-likeness (QED) is 0.890. The first-order valence-corrected chi connectivity index (χ1v) is 7.96. The number of nitrogens with zero attached hydrogens (tertiary/aromatic N) is 2. The van der Waals surface area contributed by atoms with E-state index in [2.05, 4.69) is 18.1 Å². The molecule has 0 amide bonds. The maximum absolute atomic E-state index is 6.12. The van der Waals surface area contributed by atoms with Gasteiger partial charge in [-0.05, 0) is 38.0 Å². The van der Waals surface area contributed by atoms with Crippen LogP contribution in [0, 0.1) is 6.92 Å². The van der Waals surface area contributed by atoms with E-state index in [1.807, 2.05) is 36.9 Å². The molecule has 0 aliphatic carbocycles. The van der Waals surface area contributed by atoms with Gasteiger partial charge in [-0.3, -0.25) is 4.68 Å². The third kappa shape index (κ3) is 3.80. The van der Waals surface area contributed by atoms with Crippen LogP contribution >= 0.6 is 11.8 Å². The van der Waals surface area contributed by atoms with Crippen LogP contribution in [0.3, 0.4) is 0 Å². The fraction of sp³-hybridized carbons (Fsp3) is 0.438. The highest BCUT2D eigenvalue weighted by molar-refractivity contribution is 7.99. The van der Waals surface area contributed by atoms with Gasteiger partial charge in [0.05, 0.1) is 12.8 Å². The maximum Gasteiger partial charge on any atom is 0.119 e. The minimum absolute atomic E-state index is 0.178. The van der Waals surface area contributed by atoms with E-state index in [0.29, 0.717) is 0 Å². The molecule has 1 unspecified atom stereocenters. The van der Waals surface area contributed by atoms with E-state index < -0.39 is 0 Å². The van der Waals surface area contributed by atoms with E-state index in [1.165, 1.54) is 5.56 Å². The minimum atomic E-state index is 0.178. The van der Waals surface area contributed by atoms with Crippen molar-refractivity contribution in [2.75, 3.05) is 7.11 Å². The fourth-order valence-electron chi connectivity index (χ4n) is 2.23. The summed E-state index contributed by atoms with van der Waals surface area (Å²) < 4.78 is 7.23. The van der Waals surface area contributed by atoms with Crippen LogP contribution in [0.2, 0.25) is 0 Å². The third-order valence-corrected chi connectivity index (χ3v) is 4.73. The van der Waals surface area contributed by atoms with Crippen molar-refractivity contribution in [2.45, 2.75) is 42.7 Å². The second-order valence-electron chi connectivity index (χ2n) is 5.15. The van der Waals surface area contributed by atoms with Gasteiger partial charge in [-0.2, -0.15) is 5.10 Å². The molecular formula is C16H23N3OS. The lowest BCUT2D eigenvalue weighted by Crippen LogP contribution is -2.21. The molecule has 2 aromatic rings. The Kier molecular flexibility index (Phi) is 5.31. The number of rotatable bonds is 6. The molecule has 0 aliphatic heterocycles. The van der Waals surface area contributed by atoms with Crippen molar-refractivity contribution in [3.05, 3.63) is 35.5 Å². The van der Waals surface area contributed by atoms with Gasteiger partial charge in [0.15, 0.2) is 0 Å². The van der Waals surface area contributed by atoms with Gasteiger partial charge in [0.1, 0.15) is 10.8 Å². The van der Waals surface area contributed by atoms with Crippen molar-refractivity contribution in [1.29, 1.82) is 0 Å². The lowest BCUT2D eigenvalue weighted by atomic mass is 10.1. The summed E-state index contributed by atoms with van der Waals surface area (Å²) in [5, 5.41) is 5.70. The highest BCUT2D eigenvalue weighted by atomic mass is 32.2. The predicted molar refractivity (Wildman–Crippen MR) is 87.0 cm³/mol. The molecule has 1 atom stereocenters. The van der Waals surface area contributed by atoms with Crippen LogP contribution in [0.5, 0.6) is 5.75 Å². The van der Waals surface area contributed by atoms with Gasteiger partial charge >= 0.3 is 0 Å². The van der Waals surface area contributed by atoms with E-state index in [4.69, 9.17) is 10.5 Å². The number of aryl methyl sites for hydroxylation is 2. The SMILES string of the molecule is CCC(N)Cc1c(C)nn(C)c1Sc1cccc(OC)c1. The summed E-state index contributed by atoms with van der Waals surface area (Å²) in [6, 6.07) is 8.25. The van der Waals surface area contributed by atoms with Crippen molar-refractivity contribution >= 4 is 11.8 Å². The second kappa shape index (κ2) is 7.00. The van der Waals surface area contributed by atoms with Crippen molar-refractivity contribution in [2.24, 2.45) is 12.8 Å². The molecule has 0 fully saturated rings. The van der Waals surface area contributed by atoms with E-state index >= 15 is 0 Å². The zero-order valence-electron chi connectivity index (χ0n) is 13.1. The molecule has 0 aliphatic rings. The van der Waals surface area contributed by atoms with Crippen LogP contribution in [0.25, 0.3) is 0 Å². The molecule has 0 spiro atoms. The monoisotopic (exact) mass is 305 g/mol. The standard InChI is InChI=1S/C16H23N3OS/c1-5-12(17)9-15-11(2)18-19(3)16(15)21-14-8-6-7-13(10-14)20-4/h6-8,10,12H,5,9,17H2,1-4H3. The minimum Gasteiger partial charge on any atom is -0.497 e. The van der Waals surface area contributed by atoms with E-state index in [1.54, 1.807) is 18.9 Å². The molecule has 0 radical (unpaired) electrons. The Hall–Kier alpha value is -1.46. The van der Waals surface area contributed by atoms with Gasteiger partial charge in [-0.25, -0.2) is 0 Å². The average Bonchev–Trinajstić information content (AvgIpc) is 2.74. The van der Waals surface area contributed by atoms with Gasteiger partial charge in [0, 0.05) is 23.5 Å². The number of benzene rings is 1. The Morgan fingerprint density at radius 3 is 2.86 bits per heavy atom. The van der Waals surface area contributed by atoms with Crippen molar-refractivity contribution < 1.29 is 4.74 Å². The van der Waals surface area contributed by atoms with Crippen LogP contribution in [0.15, 0.2) is 34.2 Å². The number of nitrogens with two attached hydrogens (primary N) is 1. The average molecular weight is 305 g/mol. The van der Waals surface area contributed by atoms with E-state index in [0.717, 1.165) is 34.2 Å². The van der Waals surface area contributed by atoms with Crippen molar-refractivity contribution in [3.8, 4) is 5.75 Å². The third-order valence-electron chi connectivity index (χ3n) is 3.54. The van der Waals surface area contributed by atoms with Crippen molar-refractivity contribution in [3.63, 3.8) is 0 Å². The fourth-order valence-corrected chi connectivity index (χ4v) is 3.30. The predicted octanol–water partition coefficient (Wildman–Crippen LogP) is 3.17. The van der Waals surface area contributed by atoms with Crippen molar-refractivity contribution in [1.82, 2.24) is 9.78 Å². The van der Waals surface area contributed by atoms with Crippen LogP contribution in [-0.4, -0.2) is 22.9 Å². The summed E-state index contributed by atoms with van der Waals surface area (Å²) in [6.45, 7) is 4.17. The Balaban J connectivity index is 2.30. The first-order valence-electron chi connectivity index (χ1n) is 7.15. The molecule has 1 heterocycles. The molecule has 1 aromatic carbocycles. The highest BCUT2D eigenvalue weighted by Gasteiger charge is 2.16. The molecule has 0 saturated carbocycles. The maximum atomic E-state index is 6.12. The molecule has 5 heteroatoms. The van der Waals surface area contributed by atoms with Crippen LogP contribution < -0.4 is 10.5 Å². The smallest absolute Gasteiger partial charge is 0.119 e.